The van der Waals surface area contributed by atoms with E-state index in [0.29, 0.717) is 24.3 Å². The quantitative estimate of drug-likeness (QED) is 0.445. The zero-order valence-electron chi connectivity index (χ0n) is 15.6. The van der Waals surface area contributed by atoms with Gasteiger partial charge < -0.3 is 10.2 Å². The van der Waals surface area contributed by atoms with Crippen LogP contribution in [0, 0.1) is 11.6 Å². The van der Waals surface area contributed by atoms with E-state index in [0.717, 1.165) is 19.0 Å². The number of aromatic nitrogens is 4. The lowest BCUT2D eigenvalue weighted by molar-refractivity contribution is 0.0821. The monoisotopic (exact) mass is 484 g/mol. The van der Waals surface area contributed by atoms with Crippen LogP contribution in [0.25, 0.3) is 22.2 Å². The first kappa shape index (κ1) is 20.1. The lowest BCUT2D eigenvalue weighted by Crippen LogP contribution is -2.23. The number of benzene rings is 1. The molecule has 1 N–H and O–H groups in total. The van der Waals surface area contributed by atoms with E-state index in [4.69, 9.17) is 11.6 Å². The van der Waals surface area contributed by atoms with Crippen molar-refractivity contribution in [2.45, 2.75) is 19.5 Å². The van der Waals surface area contributed by atoms with Crippen molar-refractivity contribution in [3.63, 3.8) is 0 Å². The van der Waals surface area contributed by atoms with Crippen molar-refractivity contribution in [3.05, 3.63) is 38.8 Å². The van der Waals surface area contributed by atoms with Gasteiger partial charge in [-0.15, -0.1) is 0 Å². The van der Waals surface area contributed by atoms with E-state index in [1.807, 2.05) is 0 Å². The molecule has 1 aromatic carbocycles. The Bertz CT molecular complexity index is 1150. The molecule has 0 spiro atoms. The molecular formula is C18H16BrClF2N6O. The molecule has 0 fully saturated rings. The van der Waals surface area contributed by atoms with Crippen molar-refractivity contribution < 1.29 is 13.6 Å². The van der Waals surface area contributed by atoms with Crippen LogP contribution >= 0.6 is 27.5 Å². The molecule has 1 aliphatic heterocycles. The highest BCUT2D eigenvalue weighted by molar-refractivity contribution is 9.10. The summed E-state index contributed by atoms with van der Waals surface area (Å²) >= 11 is 8.96. The van der Waals surface area contributed by atoms with Crippen LogP contribution in [0.4, 0.5) is 8.78 Å². The van der Waals surface area contributed by atoms with Gasteiger partial charge in [0, 0.05) is 32.6 Å². The number of rotatable bonds is 2. The molecule has 1 aliphatic rings. The zero-order chi connectivity index (χ0) is 20.9. The normalized spacial score (nSPS) is 14.0. The van der Waals surface area contributed by atoms with E-state index in [9.17, 15) is 13.6 Å². The van der Waals surface area contributed by atoms with Gasteiger partial charge in [0.1, 0.15) is 11.3 Å². The van der Waals surface area contributed by atoms with E-state index >= 15 is 0 Å². The average molecular weight is 486 g/mol. The number of aryl methyl sites for hydroxylation is 1. The highest BCUT2D eigenvalue weighted by Gasteiger charge is 2.29. The molecule has 0 radical (unpaired) electrons. The molecule has 0 saturated carbocycles. The van der Waals surface area contributed by atoms with Crippen molar-refractivity contribution in [1.82, 2.24) is 30.0 Å². The van der Waals surface area contributed by atoms with Gasteiger partial charge in [0.05, 0.1) is 21.4 Å². The molecule has 0 atom stereocenters. The first-order valence-electron chi connectivity index (χ1n) is 8.82. The zero-order valence-corrected chi connectivity index (χ0v) is 17.9. The van der Waals surface area contributed by atoms with Crippen LogP contribution in [0.2, 0.25) is 5.28 Å². The maximum atomic E-state index is 14.7. The van der Waals surface area contributed by atoms with Crippen molar-refractivity contribution in [2.24, 2.45) is 0 Å². The molecule has 152 valence electrons. The van der Waals surface area contributed by atoms with E-state index in [-0.39, 0.29) is 38.0 Å². The summed E-state index contributed by atoms with van der Waals surface area (Å²) in [4.78, 5) is 22.4. The summed E-state index contributed by atoms with van der Waals surface area (Å²) < 4.78 is 30.4. The van der Waals surface area contributed by atoms with Crippen LogP contribution in [0.5, 0.6) is 0 Å². The van der Waals surface area contributed by atoms with Gasteiger partial charge in [-0.2, -0.15) is 5.10 Å². The molecule has 2 aromatic heterocycles. The number of halogens is 4. The van der Waals surface area contributed by atoms with Gasteiger partial charge >= 0.3 is 0 Å². The molecule has 1 amide bonds. The third-order valence-electron chi connectivity index (χ3n) is 4.72. The smallest absolute Gasteiger partial charge is 0.274 e. The second-order valence-electron chi connectivity index (χ2n) is 6.85. The number of hydrogen-bond acceptors (Lipinski definition) is 5. The van der Waals surface area contributed by atoms with Gasteiger partial charge in [-0.25, -0.2) is 18.7 Å². The van der Waals surface area contributed by atoms with E-state index in [1.54, 1.807) is 18.8 Å². The minimum atomic E-state index is -0.887. The van der Waals surface area contributed by atoms with Gasteiger partial charge in [-0.05, 0) is 46.6 Å². The van der Waals surface area contributed by atoms with Crippen LogP contribution in [0.1, 0.15) is 22.6 Å². The molecule has 7 nitrogen and oxygen atoms in total. The number of nitrogens with one attached hydrogen (secondary N) is 1. The number of hydrogen-bond donors (Lipinski definition) is 1. The molecule has 0 unspecified atom stereocenters. The predicted octanol–water partition coefficient (Wildman–Crippen LogP) is 3.38. The number of nitrogens with zero attached hydrogens (tertiary/aromatic N) is 5. The first-order chi connectivity index (χ1) is 13.8. The van der Waals surface area contributed by atoms with Crippen molar-refractivity contribution in [2.75, 3.05) is 20.6 Å². The fourth-order valence-corrected chi connectivity index (χ4v) is 3.84. The first-order valence-corrected chi connectivity index (χ1v) is 9.99. The summed E-state index contributed by atoms with van der Waals surface area (Å²) in [5.41, 5.74) is 1.27. The SMILES string of the molecule is CN(C)C(=O)c1nn2c(c1-c1nc(Cl)nc3c(F)c(Br)c(F)cc13)CNCCC2. The summed E-state index contributed by atoms with van der Waals surface area (Å²) in [6, 6.07) is 1.13. The van der Waals surface area contributed by atoms with Crippen molar-refractivity contribution >= 4 is 44.3 Å². The average Bonchev–Trinajstić information content (AvgIpc) is 2.87. The molecule has 29 heavy (non-hydrogen) atoms. The predicted molar refractivity (Wildman–Crippen MR) is 108 cm³/mol. The van der Waals surface area contributed by atoms with E-state index < -0.39 is 11.6 Å². The van der Waals surface area contributed by atoms with Crippen molar-refractivity contribution in [3.8, 4) is 11.3 Å². The second-order valence-corrected chi connectivity index (χ2v) is 7.98. The Morgan fingerprint density at radius 1 is 1.34 bits per heavy atom. The molecule has 3 aromatic rings. The van der Waals surface area contributed by atoms with Crippen LogP contribution in [0.3, 0.4) is 0 Å². The summed E-state index contributed by atoms with van der Waals surface area (Å²) in [5.74, 6) is -2.04. The number of fused-ring (bicyclic) bond motifs is 2. The Balaban J connectivity index is 2.10. The second kappa shape index (κ2) is 7.58. The molecule has 0 saturated heterocycles. The van der Waals surface area contributed by atoms with Gasteiger partial charge in [0.2, 0.25) is 5.28 Å². The summed E-state index contributed by atoms with van der Waals surface area (Å²) in [6.45, 7) is 1.80. The summed E-state index contributed by atoms with van der Waals surface area (Å²) in [7, 11) is 3.22. The third kappa shape index (κ3) is 3.38. The van der Waals surface area contributed by atoms with Crippen molar-refractivity contribution in [1.29, 1.82) is 0 Å². The Kier molecular flexibility index (Phi) is 5.26. The molecule has 0 bridgehead atoms. The fraction of sp³-hybridized carbons (Fsp3) is 0.333. The molecule has 0 aliphatic carbocycles. The summed E-state index contributed by atoms with van der Waals surface area (Å²) in [6.07, 6.45) is 0.825. The minimum Gasteiger partial charge on any atom is -0.343 e. The maximum absolute atomic E-state index is 14.7. The molecule has 4 rings (SSSR count). The Morgan fingerprint density at radius 3 is 2.83 bits per heavy atom. The third-order valence-corrected chi connectivity index (χ3v) is 5.61. The maximum Gasteiger partial charge on any atom is 0.274 e. The standard InChI is InChI=1S/C18H16BrClF2N6O/c1-27(2)17(29)16-11(10-7-23-4-3-5-28(10)26-16)14-8-6-9(21)12(19)13(22)15(8)25-18(20)24-14/h6,23H,3-5,7H2,1-2H3. The highest BCUT2D eigenvalue weighted by Crippen LogP contribution is 2.37. The number of amides is 1. The lowest BCUT2D eigenvalue weighted by Gasteiger charge is -2.13. The highest BCUT2D eigenvalue weighted by atomic mass is 79.9. The van der Waals surface area contributed by atoms with E-state index in [2.05, 4.69) is 36.3 Å². The van der Waals surface area contributed by atoms with Gasteiger partial charge in [-0.3, -0.25) is 9.48 Å². The largest absolute Gasteiger partial charge is 0.343 e. The Hall–Kier alpha value is -2.17. The topological polar surface area (TPSA) is 75.9 Å². The van der Waals surface area contributed by atoms with Gasteiger partial charge in [-0.1, -0.05) is 0 Å². The summed E-state index contributed by atoms with van der Waals surface area (Å²) in [5, 5.41) is 7.66. The van der Waals surface area contributed by atoms with E-state index in [1.165, 1.54) is 4.90 Å². The lowest BCUT2D eigenvalue weighted by atomic mass is 10.0. The molecular weight excluding hydrogens is 470 g/mol. The Labute approximate surface area is 178 Å². The number of carbonyl (C=O) groups is 1. The van der Waals surface area contributed by atoms with Crippen LogP contribution in [-0.2, 0) is 13.1 Å². The van der Waals surface area contributed by atoms with Gasteiger partial charge in [0.25, 0.3) is 5.91 Å². The van der Waals surface area contributed by atoms with Crippen LogP contribution in [0.15, 0.2) is 10.5 Å². The van der Waals surface area contributed by atoms with Gasteiger partial charge in [0.15, 0.2) is 11.5 Å². The number of carbonyl (C=O) groups excluding carboxylic acids is 1. The molecule has 11 heteroatoms. The van der Waals surface area contributed by atoms with Crippen LogP contribution in [-0.4, -0.2) is 51.2 Å². The minimum absolute atomic E-state index is 0.112. The van der Waals surface area contributed by atoms with Crippen LogP contribution < -0.4 is 5.32 Å². The fourth-order valence-electron chi connectivity index (χ4n) is 3.37. The Morgan fingerprint density at radius 2 is 2.10 bits per heavy atom. The molecule has 3 heterocycles.